The Bertz CT molecular complexity index is 93.8. The van der Waals surface area contributed by atoms with Crippen molar-refractivity contribution in [3.63, 3.8) is 0 Å². The molecule has 0 aliphatic carbocycles. The highest BCUT2D eigenvalue weighted by Gasteiger charge is 2.13. The van der Waals surface area contributed by atoms with Crippen LogP contribution in [-0.4, -0.2) is 38.8 Å². The fourth-order valence-corrected chi connectivity index (χ4v) is 0.426. The molecule has 0 aliphatic heterocycles. The second-order valence-corrected chi connectivity index (χ2v) is 1.55. The molecule has 0 radical (unpaired) electrons. The van der Waals surface area contributed by atoms with Crippen LogP contribution >= 0.6 is 0 Å². The number of rotatable bonds is 3. The minimum atomic E-state index is -0.588. The average molecular weight is 131 g/mol. The molecule has 0 aromatic rings. The van der Waals surface area contributed by atoms with Crippen LogP contribution in [0.2, 0.25) is 0 Å². The highest BCUT2D eigenvalue weighted by atomic mass is 16.5. The van der Waals surface area contributed by atoms with E-state index >= 15 is 0 Å². The average Bonchev–Trinajstić information content (AvgIpc) is 1.90. The summed E-state index contributed by atoms with van der Waals surface area (Å²) in [5, 5.41) is 11.0. The van der Waals surface area contributed by atoms with E-state index in [0.29, 0.717) is 0 Å². The Labute approximate surface area is 54.6 Å². The number of likely N-dealkylation sites (N-methyl/N-ethyl adjacent to an activating group) is 1. The van der Waals surface area contributed by atoms with Crippen molar-refractivity contribution in [3.8, 4) is 0 Å². The number of hydrogen-bond acceptors (Lipinski definition) is 4. The zero-order valence-corrected chi connectivity index (χ0v) is 5.55. The fraction of sp³-hybridized carbons (Fsp3) is 0.750. The Morgan fingerprint density at radius 3 is 2.67 bits per heavy atom. The van der Waals surface area contributed by atoms with Crippen LogP contribution < -0.4 is 5.32 Å². The summed E-state index contributed by atoms with van der Waals surface area (Å²) in [6.45, 7) is -0.233. The summed E-state index contributed by atoms with van der Waals surface area (Å²) in [5.74, 6) is -0.444. The predicted octanol–water partition coefficient (Wildman–Crippen LogP) is -2.34. The largest absolute Gasteiger partial charge is 0.542 e. The third kappa shape index (κ3) is 2.48. The molecule has 0 saturated heterocycles. The van der Waals surface area contributed by atoms with Gasteiger partial charge in [0.05, 0.1) is 6.61 Å². The molecule has 0 saturated carbocycles. The molecular formula is C4H10BNO3. The van der Waals surface area contributed by atoms with Crippen molar-refractivity contribution in [2.75, 3.05) is 13.7 Å². The molecule has 1 atom stereocenters. The van der Waals surface area contributed by atoms with Crippen molar-refractivity contribution in [1.82, 2.24) is 5.32 Å². The molecule has 0 unspecified atom stereocenters. The Morgan fingerprint density at radius 2 is 2.56 bits per heavy atom. The number of carbonyl (C=O) groups is 1. The molecule has 0 heterocycles. The van der Waals surface area contributed by atoms with Crippen molar-refractivity contribution in [2.45, 2.75) is 6.04 Å². The predicted molar refractivity (Wildman–Crippen MR) is 34.6 cm³/mol. The molecule has 0 bridgehead atoms. The van der Waals surface area contributed by atoms with Gasteiger partial charge in [0.2, 0.25) is 0 Å². The summed E-state index contributed by atoms with van der Waals surface area (Å²) in [7, 11) is 2.86. The van der Waals surface area contributed by atoms with Gasteiger partial charge < -0.3 is 15.1 Å². The number of aliphatic hydroxyl groups excluding tert-OH is 1. The highest BCUT2D eigenvalue weighted by Crippen LogP contribution is 1.82. The zero-order chi connectivity index (χ0) is 7.28. The third-order valence-corrected chi connectivity index (χ3v) is 1.02. The molecule has 0 spiro atoms. The van der Waals surface area contributed by atoms with Gasteiger partial charge in [-0.25, -0.2) is 0 Å². The van der Waals surface area contributed by atoms with E-state index in [9.17, 15) is 4.79 Å². The summed E-state index contributed by atoms with van der Waals surface area (Å²) in [6, 6.07) is -0.588. The van der Waals surface area contributed by atoms with E-state index in [0.717, 1.165) is 0 Å². The summed E-state index contributed by atoms with van der Waals surface area (Å²) >= 11 is 0. The lowest BCUT2D eigenvalue weighted by atomic mass is 10.3. The zero-order valence-electron chi connectivity index (χ0n) is 5.55. The maximum Gasteiger partial charge on any atom is 0.326 e. The molecule has 0 fully saturated rings. The van der Waals surface area contributed by atoms with Crippen molar-refractivity contribution in [2.24, 2.45) is 0 Å². The van der Waals surface area contributed by atoms with Gasteiger partial charge in [0.25, 0.3) is 0 Å². The Morgan fingerprint density at radius 1 is 2.00 bits per heavy atom. The maximum absolute atomic E-state index is 10.5. The topological polar surface area (TPSA) is 58.6 Å². The van der Waals surface area contributed by atoms with E-state index < -0.39 is 12.0 Å². The number of aliphatic hydroxyl groups is 1. The first kappa shape index (κ1) is 8.45. The van der Waals surface area contributed by atoms with Crippen LogP contribution in [0, 0.1) is 0 Å². The highest BCUT2D eigenvalue weighted by molar-refractivity contribution is 6.06. The van der Waals surface area contributed by atoms with Gasteiger partial charge in [-0.3, -0.25) is 4.79 Å². The van der Waals surface area contributed by atoms with E-state index in [1.165, 1.54) is 8.05 Å². The van der Waals surface area contributed by atoms with Gasteiger partial charge in [0.1, 0.15) is 6.04 Å². The lowest BCUT2D eigenvalue weighted by molar-refractivity contribution is -0.137. The molecular weight excluding hydrogens is 121 g/mol. The van der Waals surface area contributed by atoms with Crippen LogP contribution in [0.1, 0.15) is 0 Å². The molecule has 0 rings (SSSR count). The van der Waals surface area contributed by atoms with E-state index in [4.69, 9.17) is 5.11 Å². The number of carbonyl (C=O) groups excluding carboxylic acids is 1. The van der Waals surface area contributed by atoms with Crippen LogP contribution in [0.5, 0.6) is 0 Å². The summed E-state index contributed by atoms with van der Waals surface area (Å²) < 4.78 is 4.33. The van der Waals surface area contributed by atoms with Crippen LogP contribution in [-0.2, 0) is 9.45 Å². The first-order chi connectivity index (χ1) is 4.26. The van der Waals surface area contributed by atoms with Gasteiger partial charge in [-0.05, 0) is 7.05 Å². The molecule has 0 aromatic heterocycles. The Hall–Kier alpha value is -0.545. The minimum absolute atomic E-state index is 0.233. The molecule has 9 heavy (non-hydrogen) atoms. The smallest absolute Gasteiger partial charge is 0.326 e. The van der Waals surface area contributed by atoms with Crippen LogP contribution in [0.25, 0.3) is 0 Å². The van der Waals surface area contributed by atoms with Gasteiger partial charge in [0, 0.05) is 0 Å². The first-order valence-electron chi connectivity index (χ1n) is 2.62. The molecule has 0 aromatic carbocycles. The lowest BCUT2D eigenvalue weighted by Crippen LogP contribution is -2.38. The van der Waals surface area contributed by atoms with Crippen molar-refractivity contribution in [1.29, 1.82) is 0 Å². The number of hydrogen-bond donors (Lipinski definition) is 2. The maximum atomic E-state index is 10.5. The summed E-state index contributed by atoms with van der Waals surface area (Å²) in [6.07, 6.45) is 0. The van der Waals surface area contributed by atoms with Gasteiger partial charge in [0.15, 0.2) is 0 Å². The minimum Gasteiger partial charge on any atom is -0.542 e. The second kappa shape index (κ2) is 4.35. The van der Waals surface area contributed by atoms with Gasteiger partial charge in [-0.2, -0.15) is 0 Å². The van der Waals surface area contributed by atoms with Gasteiger partial charge in [-0.15, -0.1) is 0 Å². The summed E-state index contributed by atoms with van der Waals surface area (Å²) in [5.41, 5.74) is 0. The van der Waals surface area contributed by atoms with E-state index in [1.807, 2.05) is 0 Å². The molecule has 52 valence electrons. The Balaban J connectivity index is 3.64. The standard InChI is InChI=1S/C4H10BNO3/c1-6-3(2-7)4(8)9-5/h3,6-7H,2,5H2,1H3/t3-/m0/s1. The molecule has 0 amide bonds. The Kier molecular flexibility index (Phi) is 4.08. The SMILES string of the molecule is BOC(=O)[C@H](CO)NC. The number of nitrogens with one attached hydrogen (secondary N) is 1. The normalized spacial score (nSPS) is 12.7. The fourth-order valence-electron chi connectivity index (χ4n) is 0.426. The van der Waals surface area contributed by atoms with Gasteiger partial charge in [-0.1, -0.05) is 0 Å². The molecule has 2 N–H and O–H groups in total. The van der Waals surface area contributed by atoms with Crippen molar-refractivity contribution >= 4 is 14.0 Å². The second-order valence-electron chi connectivity index (χ2n) is 1.55. The van der Waals surface area contributed by atoms with Crippen LogP contribution in [0.3, 0.4) is 0 Å². The lowest BCUT2D eigenvalue weighted by Gasteiger charge is -2.09. The monoisotopic (exact) mass is 131 g/mol. The quantitative estimate of drug-likeness (QED) is 0.421. The van der Waals surface area contributed by atoms with E-state index in [-0.39, 0.29) is 6.61 Å². The van der Waals surface area contributed by atoms with E-state index in [1.54, 1.807) is 7.05 Å². The molecule has 4 nitrogen and oxygen atoms in total. The third-order valence-electron chi connectivity index (χ3n) is 1.02. The van der Waals surface area contributed by atoms with Gasteiger partial charge >= 0.3 is 14.0 Å². The first-order valence-corrected chi connectivity index (χ1v) is 2.62. The van der Waals surface area contributed by atoms with Crippen LogP contribution in [0.4, 0.5) is 0 Å². The van der Waals surface area contributed by atoms with Crippen LogP contribution in [0.15, 0.2) is 0 Å². The van der Waals surface area contributed by atoms with Crippen molar-refractivity contribution < 1.29 is 14.6 Å². The van der Waals surface area contributed by atoms with E-state index in [2.05, 4.69) is 9.97 Å². The molecule has 5 heteroatoms. The molecule has 0 aliphatic rings. The summed E-state index contributed by atoms with van der Waals surface area (Å²) in [4.78, 5) is 10.5. The van der Waals surface area contributed by atoms with Crippen molar-refractivity contribution in [3.05, 3.63) is 0 Å².